The molecule has 0 saturated carbocycles. The van der Waals surface area contributed by atoms with E-state index in [1.165, 1.54) is 0 Å². The number of anilines is 2. The lowest BCUT2D eigenvalue weighted by atomic mass is 10.1. The number of carbonyl (C=O) groups excluding carboxylic acids is 1. The summed E-state index contributed by atoms with van der Waals surface area (Å²) in [5, 5.41) is 2.89. The van der Waals surface area contributed by atoms with E-state index in [-0.39, 0.29) is 5.91 Å². The van der Waals surface area contributed by atoms with Crippen molar-refractivity contribution in [3.05, 3.63) is 53.6 Å². The van der Waals surface area contributed by atoms with Crippen molar-refractivity contribution in [3.63, 3.8) is 0 Å². The Bertz CT molecular complexity index is 671. The molecule has 2 rings (SSSR count). The average molecular weight is 314 g/mol. The van der Waals surface area contributed by atoms with Gasteiger partial charge in [-0.15, -0.1) is 0 Å². The second kappa shape index (κ2) is 8.19. The smallest absolute Gasteiger partial charge is 0.259 e. The molecule has 0 saturated heterocycles. The van der Waals surface area contributed by atoms with Gasteiger partial charge in [-0.2, -0.15) is 0 Å². The molecule has 0 bridgehead atoms. The van der Waals surface area contributed by atoms with Gasteiger partial charge in [0.2, 0.25) is 0 Å². The van der Waals surface area contributed by atoms with E-state index in [1.54, 1.807) is 30.3 Å². The predicted molar refractivity (Wildman–Crippen MR) is 92.0 cm³/mol. The number of hydrogen-bond donors (Lipinski definition) is 2. The van der Waals surface area contributed by atoms with Gasteiger partial charge in [-0.3, -0.25) is 4.79 Å². The topological polar surface area (TPSA) is 73.6 Å². The fourth-order valence-electron chi connectivity index (χ4n) is 2.15. The summed E-state index contributed by atoms with van der Waals surface area (Å²) in [6, 6.07) is 12.5. The van der Waals surface area contributed by atoms with Crippen LogP contribution in [0.15, 0.2) is 42.5 Å². The highest BCUT2D eigenvalue weighted by molar-refractivity contribution is 6.06. The minimum atomic E-state index is -0.218. The highest BCUT2D eigenvalue weighted by Gasteiger charge is 2.13. The van der Waals surface area contributed by atoms with Gasteiger partial charge >= 0.3 is 0 Å². The minimum Gasteiger partial charge on any atom is -0.490 e. The third-order valence-electron chi connectivity index (χ3n) is 3.32. The standard InChI is InChI=1S/C18H22N2O3/c1-3-22-10-11-23-17-7-5-4-6-15(17)18(21)20-16-9-8-14(19)12-13(16)2/h4-9,12H,3,10-11,19H2,1-2H3,(H,20,21). The molecule has 0 aliphatic carbocycles. The minimum absolute atomic E-state index is 0.218. The Balaban J connectivity index is 2.09. The largest absolute Gasteiger partial charge is 0.490 e. The van der Waals surface area contributed by atoms with Gasteiger partial charge in [0.1, 0.15) is 12.4 Å². The number of benzene rings is 2. The van der Waals surface area contributed by atoms with Crippen LogP contribution >= 0.6 is 0 Å². The molecule has 5 nitrogen and oxygen atoms in total. The lowest BCUT2D eigenvalue weighted by molar-refractivity contribution is 0.0998. The normalized spacial score (nSPS) is 10.3. The molecule has 122 valence electrons. The molecule has 0 spiro atoms. The number of aryl methyl sites for hydroxylation is 1. The third kappa shape index (κ3) is 4.72. The van der Waals surface area contributed by atoms with E-state index >= 15 is 0 Å². The number of nitrogens with one attached hydrogen (secondary N) is 1. The van der Waals surface area contributed by atoms with Crippen LogP contribution in [-0.4, -0.2) is 25.7 Å². The van der Waals surface area contributed by atoms with Crippen LogP contribution in [0.1, 0.15) is 22.8 Å². The van der Waals surface area contributed by atoms with E-state index in [2.05, 4.69) is 5.32 Å². The zero-order valence-electron chi connectivity index (χ0n) is 13.5. The molecule has 2 aromatic rings. The Morgan fingerprint density at radius 1 is 1.17 bits per heavy atom. The second-order valence-electron chi connectivity index (χ2n) is 5.07. The summed E-state index contributed by atoms with van der Waals surface area (Å²) in [4.78, 5) is 12.5. The molecule has 0 aromatic heterocycles. The number of ether oxygens (including phenoxy) is 2. The van der Waals surface area contributed by atoms with E-state index in [0.29, 0.717) is 36.8 Å². The van der Waals surface area contributed by atoms with Gasteiger partial charge in [0.05, 0.1) is 12.2 Å². The Hall–Kier alpha value is -2.53. The Morgan fingerprint density at radius 3 is 2.70 bits per heavy atom. The first kappa shape index (κ1) is 16.8. The molecular weight excluding hydrogens is 292 g/mol. The fourth-order valence-corrected chi connectivity index (χ4v) is 2.15. The maximum absolute atomic E-state index is 12.5. The number of rotatable bonds is 7. The van der Waals surface area contributed by atoms with E-state index in [4.69, 9.17) is 15.2 Å². The monoisotopic (exact) mass is 314 g/mol. The molecule has 0 fully saturated rings. The van der Waals surface area contributed by atoms with E-state index in [9.17, 15) is 4.79 Å². The van der Waals surface area contributed by atoms with Gasteiger partial charge < -0.3 is 20.5 Å². The number of amides is 1. The van der Waals surface area contributed by atoms with Crippen LogP contribution in [0.25, 0.3) is 0 Å². The van der Waals surface area contributed by atoms with Crippen LogP contribution in [-0.2, 0) is 4.74 Å². The third-order valence-corrected chi connectivity index (χ3v) is 3.32. The number of nitrogens with two attached hydrogens (primary N) is 1. The molecule has 23 heavy (non-hydrogen) atoms. The predicted octanol–water partition coefficient (Wildman–Crippen LogP) is 3.24. The first-order chi connectivity index (χ1) is 11.1. The Labute approximate surface area is 136 Å². The van der Waals surface area contributed by atoms with Crippen molar-refractivity contribution < 1.29 is 14.3 Å². The molecule has 5 heteroatoms. The summed E-state index contributed by atoms with van der Waals surface area (Å²) in [6.07, 6.45) is 0. The molecular formula is C18H22N2O3. The molecule has 0 atom stereocenters. The molecule has 1 amide bonds. The van der Waals surface area contributed by atoms with Crippen molar-refractivity contribution in [2.24, 2.45) is 0 Å². The molecule has 2 aromatic carbocycles. The lowest BCUT2D eigenvalue weighted by Gasteiger charge is -2.13. The molecule has 0 radical (unpaired) electrons. The highest BCUT2D eigenvalue weighted by atomic mass is 16.5. The van der Waals surface area contributed by atoms with Crippen molar-refractivity contribution in [1.82, 2.24) is 0 Å². The van der Waals surface area contributed by atoms with E-state index in [1.807, 2.05) is 26.0 Å². The summed E-state index contributed by atoms with van der Waals surface area (Å²) in [7, 11) is 0. The number of nitrogen functional groups attached to an aromatic ring is 1. The maximum Gasteiger partial charge on any atom is 0.259 e. The molecule has 0 aliphatic heterocycles. The fraction of sp³-hybridized carbons (Fsp3) is 0.278. The zero-order chi connectivity index (χ0) is 16.7. The van der Waals surface area contributed by atoms with Gasteiger partial charge in [-0.25, -0.2) is 0 Å². The number of para-hydroxylation sites is 1. The molecule has 0 aliphatic rings. The van der Waals surface area contributed by atoms with Crippen LogP contribution < -0.4 is 15.8 Å². The van der Waals surface area contributed by atoms with Crippen molar-refractivity contribution in [1.29, 1.82) is 0 Å². The summed E-state index contributed by atoms with van der Waals surface area (Å²) in [5.41, 5.74) is 8.52. The maximum atomic E-state index is 12.5. The van der Waals surface area contributed by atoms with Crippen molar-refractivity contribution in [2.45, 2.75) is 13.8 Å². The first-order valence-corrected chi connectivity index (χ1v) is 7.59. The SMILES string of the molecule is CCOCCOc1ccccc1C(=O)Nc1ccc(N)cc1C. The van der Waals surface area contributed by atoms with Crippen LogP contribution in [0, 0.1) is 6.92 Å². The Morgan fingerprint density at radius 2 is 1.96 bits per heavy atom. The van der Waals surface area contributed by atoms with Crippen LogP contribution in [0.4, 0.5) is 11.4 Å². The van der Waals surface area contributed by atoms with Crippen molar-refractivity contribution in [3.8, 4) is 5.75 Å². The quantitative estimate of drug-likeness (QED) is 0.608. The summed E-state index contributed by atoms with van der Waals surface area (Å²) >= 11 is 0. The van der Waals surface area contributed by atoms with Gasteiger partial charge in [-0.1, -0.05) is 12.1 Å². The molecule has 3 N–H and O–H groups in total. The lowest BCUT2D eigenvalue weighted by Crippen LogP contribution is -2.15. The zero-order valence-corrected chi connectivity index (χ0v) is 13.5. The average Bonchev–Trinajstić information content (AvgIpc) is 2.54. The van der Waals surface area contributed by atoms with E-state index in [0.717, 1.165) is 11.3 Å². The van der Waals surface area contributed by atoms with Crippen LogP contribution in [0.2, 0.25) is 0 Å². The first-order valence-electron chi connectivity index (χ1n) is 7.59. The summed E-state index contributed by atoms with van der Waals surface area (Å²) < 4.78 is 10.9. The molecule has 0 unspecified atom stereocenters. The highest BCUT2D eigenvalue weighted by Crippen LogP contribution is 2.22. The van der Waals surface area contributed by atoms with Crippen LogP contribution in [0.5, 0.6) is 5.75 Å². The second-order valence-corrected chi connectivity index (χ2v) is 5.07. The van der Waals surface area contributed by atoms with Crippen LogP contribution in [0.3, 0.4) is 0 Å². The van der Waals surface area contributed by atoms with Crippen molar-refractivity contribution in [2.75, 3.05) is 30.9 Å². The molecule has 0 heterocycles. The van der Waals surface area contributed by atoms with Gasteiger partial charge in [0, 0.05) is 18.0 Å². The number of hydrogen-bond acceptors (Lipinski definition) is 4. The van der Waals surface area contributed by atoms with Gasteiger partial charge in [0.15, 0.2) is 0 Å². The van der Waals surface area contributed by atoms with Crippen molar-refractivity contribution >= 4 is 17.3 Å². The number of carbonyl (C=O) groups is 1. The van der Waals surface area contributed by atoms with E-state index < -0.39 is 0 Å². The Kier molecular flexibility index (Phi) is 6.00. The van der Waals surface area contributed by atoms with Gasteiger partial charge in [0.25, 0.3) is 5.91 Å². The van der Waals surface area contributed by atoms with Gasteiger partial charge in [-0.05, 0) is 49.7 Å². The summed E-state index contributed by atoms with van der Waals surface area (Å²) in [6.45, 7) is 5.36. The summed E-state index contributed by atoms with van der Waals surface area (Å²) in [5.74, 6) is 0.322.